The lowest BCUT2D eigenvalue weighted by molar-refractivity contribution is -0.0577. The van der Waals surface area contributed by atoms with Gasteiger partial charge in [-0.15, -0.1) is 0 Å². The molecule has 0 aromatic heterocycles. The number of rotatable bonds is 7. The summed E-state index contributed by atoms with van der Waals surface area (Å²) in [7, 11) is 1.66. The Bertz CT molecular complexity index is 900. The highest BCUT2D eigenvalue weighted by atomic mass is 16.5. The number of ether oxygens (including phenoxy) is 1. The first-order valence-electron chi connectivity index (χ1n) is 12.1. The second kappa shape index (κ2) is 9.14. The predicted octanol–water partition coefficient (Wildman–Crippen LogP) is 4.89. The Kier molecular flexibility index (Phi) is 6.09. The van der Waals surface area contributed by atoms with E-state index in [1.807, 2.05) is 24.3 Å². The largest absolute Gasteiger partial charge is 0.497 e. The molecular weight excluding hydrogens is 398 g/mol. The average molecular weight is 434 g/mol. The third kappa shape index (κ3) is 4.63. The van der Waals surface area contributed by atoms with Gasteiger partial charge in [0.1, 0.15) is 5.75 Å². The Balaban J connectivity index is 1.01. The minimum atomic E-state index is -0.0562. The number of methoxy groups -OCH3 is 1. The van der Waals surface area contributed by atoms with Crippen molar-refractivity contribution >= 4 is 6.03 Å². The topological polar surface area (TPSA) is 53.6 Å². The zero-order valence-corrected chi connectivity index (χ0v) is 19.1. The zero-order valence-electron chi connectivity index (χ0n) is 19.1. The van der Waals surface area contributed by atoms with E-state index in [9.17, 15) is 4.79 Å². The van der Waals surface area contributed by atoms with Crippen molar-refractivity contribution in [1.29, 1.82) is 0 Å². The number of likely N-dealkylation sites (tertiary alicyclic amines) is 1. The van der Waals surface area contributed by atoms with Gasteiger partial charge in [0.25, 0.3) is 0 Å². The molecule has 1 aliphatic heterocycles. The maximum absolute atomic E-state index is 12.3. The van der Waals surface area contributed by atoms with Crippen molar-refractivity contribution in [2.24, 2.45) is 11.3 Å². The molecule has 32 heavy (non-hydrogen) atoms. The van der Waals surface area contributed by atoms with E-state index >= 15 is 0 Å². The zero-order chi connectivity index (χ0) is 22.0. The van der Waals surface area contributed by atoms with Gasteiger partial charge in [-0.25, -0.2) is 4.79 Å². The normalized spacial score (nSPS) is 29.2. The van der Waals surface area contributed by atoms with Crippen LogP contribution in [0.2, 0.25) is 0 Å². The molecule has 2 aromatic carbocycles. The minimum Gasteiger partial charge on any atom is -0.497 e. The van der Waals surface area contributed by atoms with Gasteiger partial charge in [-0.2, -0.15) is 0 Å². The fraction of sp³-hybridized carbons (Fsp3) is 0.519. The van der Waals surface area contributed by atoms with E-state index in [1.165, 1.54) is 44.3 Å². The molecule has 1 spiro atoms. The smallest absolute Gasteiger partial charge is 0.315 e. The summed E-state index contributed by atoms with van der Waals surface area (Å²) < 4.78 is 5.17. The molecule has 5 heteroatoms. The van der Waals surface area contributed by atoms with Gasteiger partial charge in [0.15, 0.2) is 0 Å². The maximum atomic E-state index is 12.3. The molecule has 5 rings (SSSR count). The first-order valence-corrected chi connectivity index (χ1v) is 12.1. The molecule has 2 aliphatic carbocycles. The van der Waals surface area contributed by atoms with Crippen LogP contribution in [0.15, 0.2) is 54.6 Å². The van der Waals surface area contributed by atoms with Gasteiger partial charge >= 0.3 is 6.03 Å². The molecule has 1 atom stereocenters. The summed E-state index contributed by atoms with van der Waals surface area (Å²) >= 11 is 0. The van der Waals surface area contributed by atoms with Crippen LogP contribution in [0.1, 0.15) is 55.7 Å². The molecule has 0 bridgehead atoms. The Morgan fingerprint density at radius 2 is 1.81 bits per heavy atom. The summed E-state index contributed by atoms with van der Waals surface area (Å²) in [4.78, 5) is 15.0. The Labute approximate surface area is 191 Å². The first-order chi connectivity index (χ1) is 15.6. The van der Waals surface area contributed by atoms with Crippen LogP contribution in [0.5, 0.6) is 5.75 Å². The molecule has 2 N–H and O–H groups in total. The second-order valence-electron chi connectivity index (χ2n) is 10.1. The molecule has 2 amide bonds. The molecule has 5 nitrogen and oxygen atoms in total. The highest BCUT2D eigenvalue weighted by Gasteiger charge is 2.53. The lowest BCUT2D eigenvalue weighted by Crippen LogP contribution is -2.58. The van der Waals surface area contributed by atoms with E-state index in [2.05, 4.69) is 45.9 Å². The van der Waals surface area contributed by atoms with Crippen LogP contribution < -0.4 is 15.4 Å². The number of carbonyl (C=O) groups excluding carboxylic acids is 1. The molecule has 1 saturated heterocycles. The third-order valence-electron chi connectivity index (χ3n) is 7.79. The number of carbonyl (C=O) groups is 1. The number of urea groups is 1. The molecular formula is C27H35N3O2. The van der Waals surface area contributed by atoms with Crippen molar-refractivity contribution in [2.45, 2.75) is 57.2 Å². The number of hydrogen-bond donors (Lipinski definition) is 2. The summed E-state index contributed by atoms with van der Waals surface area (Å²) in [5.74, 6) is 1.65. The third-order valence-corrected chi connectivity index (χ3v) is 7.79. The fourth-order valence-electron chi connectivity index (χ4n) is 6.31. The molecule has 2 saturated carbocycles. The van der Waals surface area contributed by atoms with Crippen LogP contribution in [-0.4, -0.2) is 37.2 Å². The van der Waals surface area contributed by atoms with Gasteiger partial charge in [-0.3, -0.25) is 4.90 Å². The molecule has 3 aliphatic rings. The molecule has 1 unspecified atom stereocenters. The molecule has 3 fully saturated rings. The minimum absolute atomic E-state index is 0.0562. The maximum Gasteiger partial charge on any atom is 0.315 e. The molecule has 1 heterocycles. The molecule has 0 radical (unpaired) electrons. The molecule has 170 valence electrons. The van der Waals surface area contributed by atoms with Crippen LogP contribution >= 0.6 is 0 Å². The van der Waals surface area contributed by atoms with Gasteiger partial charge in [0.2, 0.25) is 0 Å². The lowest BCUT2D eigenvalue weighted by atomic mass is 9.50. The number of nitrogens with zero attached hydrogens (tertiary/aromatic N) is 1. The van der Waals surface area contributed by atoms with Crippen LogP contribution in [0.3, 0.4) is 0 Å². The first kappa shape index (κ1) is 21.3. The van der Waals surface area contributed by atoms with E-state index in [1.54, 1.807) is 7.11 Å². The fourth-order valence-corrected chi connectivity index (χ4v) is 6.31. The van der Waals surface area contributed by atoms with Gasteiger partial charge < -0.3 is 15.4 Å². The summed E-state index contributed by atoms with van der Waals surface area (Å²) in [6.45, 7) is 3.01. The van der Waals surface area contributed by atoms with Crippen LogP contribution in [0.4, 0.5) is 4.79 Å². The lowest BCUT2D eigenvalue weighted by Gasteiger charge is -2.58. The number of nitrogens with one attached hydrogen (secondary N) is 2. The van der Waals surface area contributed by atoms with Crippen molar-refractivity contribution in [3.8, 4) is 5.75 Å². The quantitative estimate of drug-likeness (QED) is 0.654. The van der Waals surface area contributed by atoms with E-state index in [0.717, 1.165) is 30.1 Å². The Morgan fingerprint density at radius 3 is 2.53 bits per heavy atom. The monoisotopic (exact) mass is 433 g/mol. The Hall–Kier alpha value is -2.53. The van der Waals surface area contributed by atoms with Gasteiger partial charge in [0, 0.05) is 25.2 Å². The second-order valence-corrected chi connectivity index (χ2v) is 10.1. The summed E-state index contributed by atoms with van der Waals surface area (Å²) in [5.41, 5.74) is 3.05. The van der Waals surface area contributed by atoms with Crippen molar-refractivity contribution in [2.75, 3.05) is 20.2 Å². The molecule has 2 aromatic rings. The highest BCUT2D eigenvalue weighted by molar-refractivity contribution is 5.74. The van der Waals surface area contributed by atoms with Crippen molar-refractivity contribution in [3.63, 3.8) is 0 Å². The Morgan fingerprint density at radius 1 is 1.06 bits per heavy atom. The van der Waals surface area contributed by atoms with Crippen molar-refractivity contribution < 1.29 is 9.53 Å². The summed E-state index contributed by atoms with van der Waals surface area (Å²) in [6, 6.07) is 19.7. The van der Waals surface area contributed by atoms with Crippen molar-refractivity contribution in [3.05, 3.63) is 65.7 Å². The standard InChI is InChI=1S/C27H35N3O2/c1-32-24-11-9-20(10-12-24)18-28-26(31)29-23-16-27(17-23)14-21(15-27)19-30-13-5-8-25(30)22-6-3-2-4-7-22/h2-4,6-7,9-12,21,23,25H,5,8,13-19H2,1H3,(H2,28,29,31). The number of amides is 2. The van der Waals surface area contributed by atoms with Crippen LogP contribution in [0, 0.1) is 11.3 Å². The van der Waals surface area contributed by atoms with E-state index in [0.29, 0.717) is 24.0 Å². The predicted molar refractivity (Wildman–Crippen MR) is 127 cm³/mol. The van der Waals surface area contributed by atoms with Gasteiger partial charge in [-0.1, -0.05) is 42.5 Å². The van der Waals surface area contributed by atoms with Crippen molar-refractivity contribution in [1.82, 2.24) is 15.5 Å². The summed E-state index contributed by atoms with van der Waals surface area (Å²) in [6.07, 6.45) is 7.55. The van der Waals surface area contributed by atoms with Gasteiger partial charge in [0.05, 0.1) is 7.11 Å². The number of hydrogen-bond acceptors (Lipinski definition) is 3. The number of benzene rings is 2. The highest BCUT2D eigenvalue weighted by Crippen LogP contribution is 2.59. The SMILES string of the molecule is COc1ccc(CNC(=O)NC2CC3(CC(CN4CCCC4c4ccccc4)C3)C2)cc1. The van der Waals surface area contributed by atoms with E-state index < -0.39 is 0 Å². The summed E-state index contributed by atoms with van der Waals surface area (Å²) in [5, 5.41) is 6.14. The van der Waals surface area contributed by atoms with Gasteiger partial charge in [-0.05, 0) is 79.7 Å². The van der Waals surface area contributed by atoms with E-state index in [-0.39, 0.29) is 6.03 Å². The van der Waals surface area contributed by atoms with Crippen LogP contribution in [-0.2, 0) is 6.54 Å². The van der Waals surface area contributed by atoms with Crippen LogP contribution in [0.25, 0.3) is 0 Å². The van der Waals surface area contributed by atoms with E-state index in [4.69, 9.17) is 4.74 Å². The average Bonchev–Trinajstić information content (AvgIpc) is 3.24.